The van der Waals surface area contributed by atoms with Gasteiger partial charge in [-0.05, 0) is 61.4 Å². The van der Waals surface area contributed by atoms with Crippen molar-refractivity contribution >= 4 is 11.5 Å². The third-order valence-electron chi connectivity index (χ3n) is 6.52. The van der Waals surface area contributed by atoms with E-state index in [1.165, 1.54) is 0 Å². The second kappa shape index (κ2) is 7.97. The normalized spacial score (nSPS) is 19.2. The molecule has 1 aliphatic carbocycles. The van der Waals surface area contributed by atoms with Gasteiger partial charge in [0.05, 0.1) is 5.56 Å². The number of halogens is 4. The maximum atomic E-state index is 14.3. The van der Waals surface area contributed by atoms with Gasteiger partial charge in [0.25, 0.3) is 0 Å². The molecular weight excluding hydrogens is 434 g/mol. The fourth-order valence-corrected chi connectivity index (χ4v) is 4.61. The van der Waals surface area contributed by atoms with Gasteiger partial charge >= 0.3 is 6.18 Å². The molecule has 1 saturated heterocycles. The minimum Gasteiger partial charge on any atom is -0.366 e. The molecule has 172 valence electrons. The minimum atomic E-state index is -4.63. The van der Waals surface area contributed by atoms with Crippen LogP contribution in [-0.4, -0.2) is 34.1 Å². The highest BCUT2D eigenvalue weighted by Crippen LogP contribution is 2.56. The zero-order chi connectivity index (χ0) is 23.2. The van der Waals surface area contributed by atoms with E-state index in [0.29, 0.717) is 24.6 Å². The lowest BCUT2D eigenvalue weighted by atomic mass is 10.0. The van der Waals surface area contributed by atoms with Crippen LogP contribution in [0.5, 0.6) is 0 Å². The summed E-state index contributed by atoms with van der Waals surface area (Å²) in [6, 6.07) is 8.42. The van der Waals surface area contributed by atoms with E-state index in [1.807, 2.05) is 19.1 Å². The molecule has 5 rings (SSSR count). The van der Waals surface area contributed by atoms with E-state index < -0.39 is 17.6 Å². The van der Waals surface area contributed by atoms with Gasteiger partial charge in [0.15, 0.2) is 17.5 Å². The van der Waals surface area contributed by atoms with Crippen molar-refractivity contribution in [2.24, 2.45) is 5.41 Å². The molecule has 0 bridgehead atoms. The van der Waals surface area contributed by atoms with Crippen molar-refractivity contribution in [2.45, 2.75) is 38.4 Å². The molecule has 3 heterocycles. The van der Waals surface area contributed by atoms with Gasteiger partial charge < -0.3 is 10.2 Å². The molecule has 1 aromatic carbocycles. The Morgan fingerprint density at radius 1 is 1.12 bits per heavy atom. The Bertz CT molecular complexity index is 1160. The number of alkyl halides is 3. The van der Waals surface area contributed by atoms with Crippen molar-refractivity contribution in [1.82, 2.24) is 15.0 Å². The van der Waals surface area contributed by atoms with Crippen LogP contribution in [0.15, 0.2) is 48.9 Å². The fourth-order valence-electron chi connectivity index (χ4n) is 4.61. The first-order valence-electron chi connectivity index (χ1n) is 10.9. The number of anilines is 2. The predicted octanol–water partition coefficient (Wildman–Crippen LogP) is 5.48. The molecule has 2 aromatic heterocycles. The molecule has 1 saturated carbocycles. The zero-order valence-electron chi connectivity index (χ0n) is 18.0. The summed E-state index contributed by atoms with van der Waals surface area (Å²) in [5.41, 5.74) is 2.16. The summed E-state index contributed by atoms with van der Waals surface area (Å²) in [4.78, 5) is 14.8. The molecule has 1 N–H and O–H groups in total. The van der Waals surface area contributed by atoms with Gasteiger partial charge in [-0.2, -0.15) is 13.2 Å². The molecule has 1 atom stereocenters. The number of rotatable bonds is 5. The second-order valence-electron chi connectivity index (χ2n) is 9.01. The molecule has 1 aliphatic heterocycles. The van der Waals surface area contributed by atoms with Gasteiger partial charge in [-0.3, -0.25) is 0 Å². The first-order valence-corrected chi connectivity index (χ1v) is 10.9. The standard InChI is InChI=1S/C24H23F4N5/c1-15-3-4-18(21-29-7-2-8-30-21)20(9-15)33-14-23(5-6-23)11-17(33)13-32-22-19(25)10-16(12-31-22)24(26,27)28/h2-4,7-10,12,17H,5-6,11,13-14H2,1H3,(H,31,32)/t17-/m0/s1. The average molecular weight is 457 g/mol. The summed E-state index contributed by atoms with van der Waals surface area (Å²) in [7, 11) is 0. The third kappa shape index (κ3) is 4.36. The van der Waals surface area contributed by atoms with Crippen molar-refractivity contribution in [3.8, 4) is 11.4 Å². The number of hydrogen-bond donors (Lipinski definition) is 1. The summed E-state index contributed by atoms with van der Waals surface area (Å²) in [5.74, 6) is -0.550. The number of hydrogen-bond acceptors (Lipinski definition) is 5. The van der Waals surface area contributed by atoms with Crippen LogP contribution >= 0.6 is 0 Å². The first-order chi connectivity index (χ1) is 15.7. The molecular formula is C24H23F4N5. The Hall–Kier alpha value is -3.23. The number of benzene rings is 1. The lowest BCUT2D eigenvalue weighted by molar-refractivity contribution is -0.138. The molecule has 0 radical (unpaired) electrons. The maximum absolute atomic E-state index is 14.3. The smallest absolute Gasteiger partial charge is 0.366 e. The predicted molar refractivity (Wildman–Crippen MR) is 117 cm³/mol. The average Bonchev–Trinajstić information content (AvgIpc) is 3.44. The van der Waals surface area contributed by atoms with E-state index in [1.54, 1.807) is 18.5 Å². The summed E-state index contributed by atoms with van der Waals surface area (Å²) in [5, 5.41) is 2.95. The molecule has 0 amide bonds. The van der Waals surface area contributed by atoms with Crippen LogP contribution < -0.4 is 10.2 Å². The number of nitrogens with one attached hydrogen (secondary N) is 1. The number of aromatic nitrogens is 3. The Labute approximate surface area is 188 Å². The topological polar surface area (TPSA) is 53.9 Å². The number of aryl methyl sites for hydroxylation is 1. The highest BCUT2D eigenvalue weighted by Gasteiger charge is 2.52. The van der Waals surface area contributed by atoms with Crippen molar-refractivity contribution in [3.05, 3.63) is 65.9 Å². The van der Waals surface area contributed by atoms with E-state index >= 15 is 0 Å². The lowest BCUT2D eigenvalue weighted by Crippen LogP contribution is -2.35. The van der Waals surface area contributed by atoms with Crippen LogP contribution in [0.2, 0.25) is 0 Å². The Kier molecular flexibility index (Phi) is 5.22. The lowest BCUT2D eigenvalue weighted by Gasteiger charge is -2.29. The molecule has 33 heavy (non-hydrogen) atoms. The van der Waals surface area contributed by atoms with E-state index in [-0.39, 0.29) is 17.3 Å². The van der Waals surface area contributed by atoms with Crippen LogP contribution in [0.25, 0.3) is 11.4 Å². The van der Waals surface area contributed by atoms with Gasteiger partial charge in [0, 0.05) is 49.0 Å². The molecule has 1 spiro atoms. The molecule has 2 aliphatic rings. The van der Waals surface area contributed by atoms with E-state index in [0.717, 1.165) is 42.6 Å². The number of pyridine rings is 1. The summed E-state index contributed by atoms with van der Waals surface area (Å²) in [6.07, 6.45) is 2.63. The van der Waals surface area contributed by atoms with Gasteiger partial charge in [-0.1, -0.05) is 6.07 Å². The van der Waals surface area contributed by atoms with Crippen molar-refractivity contribution in [1.29, 1.82) is 0 Å². The minimum absolute atomic E-state index is 0.0280. The first kappa shape index (κ1) is 21.6. The van der Waals surface area contributed by atoms with Gasteiger partial charge in [0.2, 0.25) is 0 Å². The van der Waals surface area contributed by atoms with Gasteiger partial charge in [0.1, 0.15) is 0 Å². The third-order valence-corrected chi connectivity index (χ3v) is 6.52. The summed E-state index contributed by atoms with van der Waals surface area (Å²) in [6.45, 7) is 3.25. The maximum Gasteiger partial charge on any atom is 0.417 e. The number of nitrogens with zero attached hydrogens (tertiary/aromatic N) is 4. The van der Waals surface area contributed by atoms with Gasteiger partial charge in [-0.15, -0.1) is 0 Å². The van der Waals surface area contributed by atoms with Crippen LogP contribution in [0.3, 0.4) is 0 Å². The zero-order valence-corrected chi connectivity index (χ0v) is 18.0. The molecule has 5 nitrogen and oxygen atoms in total. The van der Waals surface area contributed by atoms with Crippen LogP contribution in [0.1, 0.15) is 30.4 Å². The van der Waals surface area contributed by atoms with E-state index in [2.05, 4.69) is 31.2 Å². The Morgan fingerprint density at radius 2 is 1.88 bits per heavy atom. The van der Waals surface area contributed by atoms with E-state index in [9.17, 15) is 17.6 Å². The van der Waals surface area contributed by atoms with Crippen molar-refractivity contribution in [2.75, 3.05) is 23.3 Å². The Morgan fingerprint density at radius 3 is 2.55 bits per heavy atom. The van der Waals surface area contributed by atoms with Gasteiger partial charge in [-0.25, -0.2) is 19.3 Å². The highest BCUT2D eigenvalue weighted by atomic mass is 19.4. The van der Waals surface area contributed by atoms with Crippen LogP contribution in [0.4, 0.5) is 29.1 Å². The van der Waals surface area contributed by atoms with Crippen LogP contribution in [-0.2, 0) is 6.18 Å². The molecule has 9 heteroatoms. The molecule has 3 aromatic rings. The molecule has 2 fully saturated rings. The summed E-state index contributed by atoms with van der Waals surface area (Å²) >= 11 is 0. The molecule has 0 unspecified atom stereocenters. The van der Waals surface area contributed by atoms with Crippen molar-refractivity contribution < 1.29 is 17.6 Å². The monoisotopic (exact) mass is 457 g/mol. The SMILES string of the molecule is Cc1ccc(-c2ncccn2)c(N2CC3(CC3)C[C@H]2CNc2ncc(C(F)(F)F)cc2F)c1. The van der Waals surface area contributed by atoms with E-state index in [4.69, 9.17) is 0 Å². The van der Waals surface area contributed by atoms with Crippen molar-refractivity contribution in [3.63, 3.8) is 0 Å². The summed E-state index contributed by atoms with van der Waals surface area (Å²) < 4.78 is 52.8. The largest absolute Gasteiger partial charge is 0.417 e. The second-order valence-corrected chi connectivity index (χ2v) is 9.01. The fraction of sp³-hybridized carbons (Fsp3) is 0.375. The Balaban J connectivity index is 1.42. The quantitative estimate of drug-likeness (QED) is 0.515. The highest BCUT2D eigenvalue weighted by molar-refractivity contribution is 5.76. The van der Waals surface area contributed by atoms with Crippen LogP contribution in [0, 0.1) is 18.2 Å².